The summed E-state index contributed by atoms with van der Waals surface area (Å²) in [6.07, 6.45) is 4.08. The molecule has 3 rings (SSSR count). The van der Waals surface area contributed by atoms with Crippen molar-refractivity contribution in [1.29, 1.82) is 0 Å². The molecule has 2 N–H and O–H groups in total. The summed E-state index contributed by atoms with van der Waals surface area (Å²) in [7, 11) is 3.34. The number of aliphatic imine (C=N–C) groups is 1. The first kappa shape index (κ1) is 18.8. The number of nitrogens with zero attached hydrogens (tertiary/aromatic N) is 2. The van der Waals surface area contributed by atoms with Gasteiger partial charge in [0.1, 0.15) is 11.5 Å². The molecule has 6 heteroatoms. The summed E-state index contributed by atoms with van der Waals surface area (Å²) in [5.74, 6) is 3.19. The van der Waals surface area contributed by atoms with E-state index in [4.69, 9.17) is 14.5 Å². The molecular formula is C20H32N4O2. The molecule has 2 fully saturated rings. The fraction of sp³-hybridized carbons (Fsp3) is 0.650. The van der Waals surface area contributed by atoms with Crippen LogP contribution in [0.4, 0.5) is 0 Å². The van der Waals surface area contributed by atoms with Crippen LogP contribution < -0.4 is 20.1 Å². The summed E-state index contributed by atoms with van der Waals surface area (Å²) in [6.45, 7) is 6.98. The Labute approximate surface area is 157 Å². The number of likely N-dealkylation sites (tertiary alicyclic amines) is 1. The van der Waals surface area contributed by atoms with E-state index in [1.54, 1.807) is 14.2 Å². The lowest BCUT2D eigenvalue weighted by Crippen LogP contribution is -2.40. The molecule has 1 atom stereocenters. The van der Waals surface area contributed by atoms with Crippen LogP contribution in [0.1, 0.15) is 31.7 Å². The molecule has 1 aromatic rings. The smallest absolute Gasteiger partial charge is 0.191 e. The number of nitrogens with one attached hydrogen (secondary N) is 2. The van der Waals surface area contributed by atoms with Gasteiger partial charge in [-0.3, -0.25) is 0 Å². The van der Waals surface area contributed by atoms with Gasteiger partial charge in [-0.05, 0) is 50.8 Å². The van der Waals surface area contributed by atoms with Crippen molar-refractivity contribution >= 4 is 5.96 Å². The SMILES string of the molecule is CCNC(=NCc1ccc(OC)cc1OC)NCC1CCN(C2CC2)C1. The zero-order chi connectivity index (χ0) is 18.4. The van der Waals surface area contributed by atoms with E-state index in [1.807, 2.05) is 18.2 Å². The Bertz CT molecular complexity index is 616. The van der Waals surface area contributed by atoms with Gasteiger partial charge in [0.2, 0.25) is 0 Å². The molecule has 1 aromatic carbocycles. The maximum absolute atomic E-state index is 5.47. The zero-order valence-electron chi connectivity index (χ0n) is 16.3. The summed E-state index contributed by atoms with van der Waals surface area (Å²) in [4.78, 5) is 7.39. The molecule has 1 aliphatic heterocycles. The summed E-state index contributed by atoms with van der Waals surface area (Å²) in [6, 6.07) is 6.73. The van der Waals surface area contributed by atoms with Crippen LogP contribution in [0.15, 0.2) is 23.2 Å². The van der Waals surface area contributed by atoms with Crippen molar-refractivity contribution in [2.24, 2.45) is 10.9 Å². The minimum absolute atomic E-state index is 0.571. The fourth-order valence-corrected chi connectivity index (χ4v) is 3.53. The maximum Gasteiger partial charge on any atom is 0.191 e. The van der Waals surface area contributed by atoms with Crippen LogP contribution in [0.5, 0.6) is 11.5 Å². The van der Waals surface area contributed by atoms with Crippen LogP contribution in [0.3, 0.4) is 0 Å². The van der Waals surface area contributed by atoms with Gasteiger partial charge in [0.15, 0.2) is 5.96 Å². The Hall–Kier alpha value is -1.95. The van der Waals surface area contributed by atoms with Gasteiger partial charge in [-0.2, -0.15) is 0 Å². The minimum Gasteiger partial charge on any atom is -0.497 e. The van der Waals surface area contributed by atoms with Crippen molar-refractivity contribution in [3.8, 4) is 11.5 Å². The fourth-order valence-electron chi connectivity index (χ4n) is 3.53. The third kappa shape index (κ3) is 5.04. The van der Waals surface area contributed by atoms with Crippen molar-refractivity contribution in [2.75, 3.05) is 40.4 Å². The highest BCUT2D eigenvalue weighted by atomic mass is 16.5. The third-order valence-electron chi connectivity index (χ3n) is 5.18. The van der Waals surface area contributed by atoms with E-state index in [0.717, 1.165) is 48.1 Å². The van der Waals surface area contributed by atoms with Gasteiger partial charge in [0, 0.05) is 37.3 Å². The standard InChI is InChI=1S/C20H32N4O2/c1-4-21-20(22-12-15-9-10-24(14-15)17-6-7-17)23-13-16-5-8-18(25-2)11-19(16)26-3/h5,8,11,15,17H,4,6-7,9-10,12-14H2,1-3H3,(H2,21,22,23). The molecule has 1 unspecified atom stereocenters. The number of rotatable bonds is 8. The van der Waals surface area contributed by atoms with Gasteiger partial charge in [0.05, 0.1) is 20.8 Å². The second-order valence-corrected chi connectivity index (χ2v) is 7.13. The van der Waals surface area contributed by atoms with Crippen LogP contribution >= 0.6 is 0 Å². The predicted octanol–water partition coefficient (Wildman–Crippen LogP) is 2.24. The summed E-state index contributed by atoms with van der Waals surface area (Å²) in [5, 5.41) is 6.86. The summed E-state index contributed by atoms with van der Waals surface area (Å²) >= 11 is 0. The highest BCUT2D eigenvalue weighted by molar-refractivity contribution is 5.79. The molecule has 0 aromatic heterocycles. The maximum atomic E-state index is 5.47. The van der Waals surface area contributed by atoms with Crippen molar-refractivity contribution in [3.05, 3.63) is 23.8 Å². The molecule has 144 valence electrons. The molecular weight excluding hydrogens is 328 g/mol. The van der Waals surface area contributed by atoms with Crippen molar-refractivity contribution in [1.82, 2.24) is 15.5 Å². The third-order valence-corrected chi connectivity index (χ3v) is 5.18. The van der Waals surface area contributed by atoms with E-state index in [9.17, 15) is 0 Å². The van der Waals surface area contributed by atoms with Crippen LogP contribution in [0.25, 0.3) is 0 Å². The van der Waals surface area contributed by atoms with Crippen molar-refractivity contribution < 1.29 is 9.47 Å². The Kier molecular flexibility index (Phi) is 6.61. The van der Waals surface area contributed by atoms with Gasteiger partial charge in [-0.25, -0.2) is 4.99 Å². The second kappa shape index (κ2) is 9.12. The molecule has 1 heterocycles. The largest absolute Gasteiger partial charge is 0.497 e. The first-order valence-electron chi connectivity index (χ1n) is 9.70. The summed E-state index contributed by atoms with van der Waals surface area (Å²) in [5.41, 5.74) is 1.05. The number of benzene rings is 1. The molecule has 0 spiro atoms. The van der Waals surface area contributed by atoms with E-state index in [-0.39, 0.29) is 0 Å². The monoisotopic (exact) mass is 360 g/mol. The molecule has 6 nitrogen and oxygen atoms in total. The Morgan fingerprint density at radius 3 is 2.73 bits per heavy atom. The molecule has 0 bridgehead atoms. The first-order chi connectivity index (χ1) is 12.7. The molecule has 0 radical (unpaired) electrons. The van der Waals surface area contributed by atoms with Crippen LogP contribution in [0.2, 0.25) is 0 Å². The number of ether oxygens (including phenoxy) is 2. The Morgan fingerprint density at radius 2 is 2.04 bits per heavy atom. The quantitative estimate of drug-likeness (QED) is 0.550. The van der Waals surface area contributed by atoms with Crippen LogP contribution in [-0.2, 0) is 6.54 Å². The van der Waals surface area contributed by atoms with Crippen molar-refractivity contribution in [3.63, 3.8) is 0 Å². The van der Waals surface area contributed by atoms with Gasteiger partial charge in [-0.1, -0.05) is 0 Å². The number of methoxy groups -OCH3 is 2. The molecule has 0 amide bonds. The number of guanidine groups is 1. The Morgan fingerprint density at radius 1 is 1.19 bits per heavy atom. The van der Waals surface area contributed by atoms with Gasteiger partial charge in [-0.15, -0.1) is 0 Å². The lowest BCUT2D eigenvalue weighted by atomic mass is 10.1. The zero-order valence-corrected chi connectivity index (χ0v) is 16.3. The molecule has 26 heavy (non-hydrogen) atoms. The van der Waals surface area contributed by atoms with Gasteiger partial charge < -0.3 is 25.0 Å². The lowest BCUT2D eigenvalue weighted by Gasteiger charge is -2.17. The van der Waals surface area contributed by atoms with Gasteiger partial charge >= 0.3 is 0 Å². The van der Waals surface area contributed by atoms with E-state index in [0.29, 0.717) is 6.54 Å². The van der Waals surface area contributed by atoms with E-state index >= 15 is 0 Å². The minimum atomic E-state index is 0.571. The van der Waals surface area contributed by atoms with Crippen LogP contribution in [0, 0.1) is 5.92 Å². The summed E-state index contributed by atoms with van der Waals surface area (Å²) < 4.78 is 10.7. The van der Waals surface area contributed by atoms with E-state index in [1.165, 1.54) is 32.4 Å². The predicted molar refractivity (Wildman–Crippen MR) is 105 cm³/mol. The van der Waals surface area contributed by atoms with Gasteiger partial charge in [0.25, 0.3) is 0 Å². The second-order valence-electron chi connectivity index (χ2n) is 7.13. The highest BCUT2D eigenvalue weighted by Gasteiger charge is 2.34. The molecule has 1 aliphatic carbocycles. The highest BCUT2D eigenvalue weighted by Crippen LogP contribution is 2.31. The van der Waals surface area contributed by atoms with Crippen molar-refractivity contribution in [2.45, 2.75) is 38.8 Å². The molecule has 1 saturated heterocycles. The molecule has 1 saturated carbocycles. The Balaban J connectivity index is 1.55. The normalized spacial score (nSPS) is 20.9. The van der Waals surface area contributed by atoms with Crippen LogP contribution in [-0.4, -0.2) is 57.3 Å². The lowest BCUT2D eigenvalue weighted by molar-refractivity contribution is 0.314. The molecule has 2 aliphatic rings. The van der Waals surface area contributed by atoms with E-state index in [2.05, 4.69) is 22.5 Å². The van der Waals surface area contributed by atoms with E-state index < -0.39 is 0 Å². The number of hydrogen-bond donors (Lipinski definition) is 2. The first-order valence-corrected chi connectivity index (χ1v) is 9.70. The average Bonchev–Trinajstić information content (AvgIpc) is 3.42. The average molecular weight is 361 g/mol. The number of hydrogen-bond acceptors (Lipinski definition) is 4. The topological polar surface area (TPSA) is 58.1 Å².